The van der Waals surface area contributed by atoms with Gasteiger partial charge in [-0.15, -0.1) is 11.3 Å². The van der Waals surface area contributed by atoms with Crippen LogP contribution in [0.4, 0.5) is 0 Å². The van der Waals surface area contributed by atoms with Gasteiger partial charge in [0.25, 0.3) is 11.7 Å². The molecule has 0 radical (unpaired) electrons. The molecular formula is C14H20N2O3S. The third kappa shape index (κ3) is 3.65. The second-order valence-electron chi connectivity index (χ2n) is 5.40. The molecule has 2 heterocycles. The average molecular weight is 296 g/mol. The van der Waals surface area contributed by atoms with Crippen LogP contribution in [0.5, 0.6) is 0 Å². The first-order chi connectivity index (χ1) is 9.50. The fraction of sp³-hybridized carbons (Fsp3) is 0.571. The molecule has 2 rings (SSSR count). The van der Waals surface area contributed by atoms with E-state index >= 15 is 0 Å². The second-order valence-corrected chi connectivity index (χ2v) is 6.35. The average Bonchev–Trinajstić information content (AvgIpc) is 2.99. The van der Waals surface area contributed by atoms with Gasteiger partial charge >= 0.3 is 0 Å². The van der Waals surface area contributed by atoms with Gasteiger partial charge in [-0.3, -0.25) is 14.5 Å². The van der Waals surface area contributed by atoms with Gasteiger partial charge in [0, 0.05) is 25.2 Å². The summed E-state index contributed by atoms with van der Waals surface area (Å²) >= 11 is 1.28. The number of nitrogens with zero attached hydrogens (tertiary/aromatic N) is 1. The Morgan fingerprint density at radius 2 is 2.10 bits per heavy atom. The molecule has 110 valence electrons. The minimum absolute atomic E-state index is 0.185. The lowest BCUT2D eigenvalue weighted by Gasteiger charge is -2.40. The van der Waals surface area contributed by atoms with Crippen LogP contribution in [-0.2, 0) is 9.53 Å². The molecule has 0 atom stereocenters. The number of amides is 1. The zero-order valence-corrected chi connectivity index (χ0v) is 12.7. The van der Waals surface area contributed by atoms with Gasteiger partial charge in [-0.25, -0.2) is 0 Å². The van der Waals surface area contributed by atoms with Gasteiger partial charge in [-0.2, -0.15) is 0 Å². The summed E-state index contributed by atoms with van der Waals surface area (Å²) in [4.78, 5) is 26.5. The normalized spacial score (nSPS) is 16.9. The summed E-state index contributed by atoms with van der Waals surface area (Å²) < 4.78 is 5.33. The van der Waals surface area contributed by atoms with Crippen LogP contribution in [0.1, 0.15) is 23.5 Å². The van der Waals surface area contributed by atoms with Gasteiger partial charge in [0.2, 0.25) is 0 Å². The second kappa shape index (κ2) is 6.47. The highest BCUT2D eigenvalue weighted by Gasteiger charge is 2.29. The molecule has 1 amide bonds. The summed E-state index contributed by atoms with van der Waals surface area (Å²) in [6, 6.07) is 3.43. The number of carbonyl (C=O) groups is 2. The number of ketones is 1. The van der Waals surface area contributed by atoms with E-state index in [0.29, 0.717) is 24.6 Å². The zero-order chi connectivity index (χ0) is 14.6. The van der Waals surface area contributed by atoms with Crippen molar-refractivity contribution in [1.82, 2.24) is 10.2 Å². The molecule has 0 bridgehead atoms. The lowest BCUT2D eigenvalue weighted by Crippen LogP contribution is -2.55. The van der Waals surface area contributed by atoms with Crippen LogP contribution in [0.15, 0.2) is 17.5 Å². The lowest BCUT2D eigenvalue weighted by molar-refractivity contribution is -0.117. The van der Waals surface area contributed by atoms with Gasteiger partial charge in [-0.05, 0) is 25.3 Å². The van der Waals surface area contributed by atoms with Crippen LogP contribution in [0.25, 0.3) is 0 Å². The van der Waals surface area contributed by atoms with Crippen molar-refractivity contribution >= 4 is 23.0 Å². The van der Waals surface area contributed by atoms with E-state index in [9.17, 15) is 9.59 Å². The maximum atomic E-state index is 11.9. The molecule has 1 fully saturated rings. The number of hydrogen-bond donors (Lipinski definition) is 1. The highest BCUT2D eigenvalue weighted by Crippen LogP contribution is 2.15. The first-order valence-electron chi connectivity index (χ1n) is 6.69. The number of hydrogen-bond acceptors (Lipinski definition) is 5. The third-order valence-electron chi connectivity index (χ3n) is 3.50. The lowest BCUT2D eigenvalue weighted by atomic mass is 10.0. The molecule has 0 saturated carbocycles. The molecule has 1 aliphatic heterocycles. The molecule has 1 aliphatic rings. The van der Waals surface area contributed by atoms with Crippen molar-refractivity contribution in [2.24, 2.45) is 0 Å². The smallest absolute Gasteiger partial charge is 0.293 e. The fourth-order valence-corrected chi connectivity index (χ4v) is 2.84. The van der Waals surface area contributed by atoms with E-state index < -0.39 is 11.7 Å². The van der Waals surface area contributed by atoms with Crippen LogP contribution in [-0.4, -0.2) is 55.0 Å². The molecule has 1 aromatic rings. The number of carbonyl (C=O) groups excluding carboxylic acids is 2. The van der Waals surface area contributed by atoms with Gasteiger partial charge in [0.05, 0.1) is 18.1 Å². The molecule has 1 saturated heterocycles. The van der Waals surface area contributed by atoms with Crippen molar-refractivity contribution in [3.05, 3.63) is 22.4 Å². The van der Waals surface area contributed by atoms with Crippen molar-refractivity contribution in [2.75, 3.05) is 32.8 Å². The maximum Gasteiger partial charge on any atom is 0.293 e. The first-order valence-corrected chi connectivity index (χ1v) is 7.57. The van der Waals surface area contributed by atoms with Crippen LogP contribution >= 0.6 is 11.3 Å². The molecule has 1 aromatic heterocycles. The van der Waals surface area contributed by atoms with E-state index in [-0.39, 0.29) is 5.54 Å². The van der Waals surface area contributed by atoms with E-state index in [1.807, 2.05) is 0 Å². The van der Waals surface area contributed by atoms with Gasteiger partial charge in [0.15, 0.2) is 0 Å². The largest absolute Gasteiger partial charge is 0.379 e. The number of ether oxygens (including phenoxy) is 1. The highest BCUT2D eigenvalue weighted by molar-refractivity contribution is 7.13. The quantitative estimate of drug-likeness (QED) is 0.654. The SMILES string of the molecule is CC(C)(CNC(=O)C(=O)c1cccs1)N1CCOCC1. The van der Waals surface area contributed by atoms with Crippen molar-refractivity contribution in [3.8, 4) is 0 Å². The molecule has 0 spiro atoms. The topological polar surface area (TPSA) is 58.6 Å². The van der Waals surface area contributed by atoms with Gasteiger partial charge < -0.3 is 10.1 Å². The Balaban J connectivity index is 1.87. The van der Waals surface area contributed by atoms with E-state index in [1.165, 1.54) is 11.3 Å². The summed E-state index contributed by atoms with van der Waals surface area (Å²) in [6.07, 6.45) is 0. The Bertz CT molecular complexity index is 465. The third-order valence-corrected chi connectivity index (χ3v) is 4.37. The molecule has 1 N–H and O–H groups in total. The van der Waals surface area contributed by atoms with Crippen LogP contribution in [0.2, 0.25) is 0 Å². The highest BCUT2D eigenvalue weighted by atomic mass is 32.1. The number of thiophene rings is 1. The summed E-state index contributed by atoms with van der Waals surface area (Å²) in [5, 5.41) is 4.53. The van der Waals surface area contributed by atoms with Crippen LogP contribution in [0, 0.1) is 0 Å². The van der Waals surface area contributed by atoms with E-state index in [1.54, 1.807) is 17.5 Å². The van der Waals surface area contributed by atoms with Crippen molar-refractivity contribution in [1.29, 1.82) is 0 Å². The summed E-state index contributed by atoms with van der Waals surface area (Å²) in [5.74, 6) is -0.994. The van der Waals surface area contributed by atoms with Crippen molar-refractivity contribution in [2.45, 2.75) is 19.4 Å². The predicted molar refractivity (Wildman–Crippen MR) is 78.1 cm³/mol. The van der Waals surface area contributed by atoms with Crippen molar-refractivity contribution < 1.29 is 14.3 Å². The van der Waals surface area contributed by atoms with Crippen LogP contribution < -0.4 is 5.32 Å². The number of Topliss-reactive ketones (excluding diaryl/α,β-unsaturated/α-hetero) is 1. The molecule has 0 aromatic carbocycles. The van der Waals surface area contributed by atoms with E-state index in [0.717, 1.165) is 13.1 Å². The Morgan fingerprint density at radius 1 is 1.40 bits per heavy atom. The monoisotopic (exact) mass is 296 g/mol. The van der Waals surface area contributed by atoms with Crippen molar-refractivity contribution in [3.63, 3.8) is 0 Å². The zero-order valence-electron chi connectivity index (χ0n) is 11.8. The molecule has 5 nitrogen and oxygen atoms in total. The standard InChI is InChI=1S/C14H20N2O3S/c1-14(2,16-5-7-19-8-6-16)10-15-13(18)12(17)11-4-3-9-20-11/h3-4,9H,5-8,10H2,1-2H3,(H,15,18). The fourth-order valence-electron chi connectivity index (χ4n) is 2.18. The Kier molecular flexibility index (Phi) is 4.91. The first kappa shape index (κ1) is 15.2. The van der Waals surface area contributed by atoms with Gasteiger partial charge in [0.1, 0.15) is 0 Å². The molecular weight excluding hydrogens is 276 g/mol. The maximum absolute atomic E-state index is 11.9. The Hall–Kier alpha value is -1.24. The minimum atomic E-state index is -0.534. The molecule has 0 aliphatic carbocycles. The summed E-state index contributed by atoms with van der Waals surface area (Å²) in [6.45, 7) is 7.70. The predicted octanol–water partition coefficient (Wildman–Crippen LogP) is 1.16. The van der Waals surface area contributed by atoms with Crippen LogP contribution in [0.3, 0.4) is 0 Å². The number of morpholine rings is 1. The molecule has 20 heavy (non-hydrogen) atoms. The summed E-state index contributed by atoms with van der Waals surface area (Å²) in [5.41, 5.74) is -0.185. The number of nitrogens with one attached hydrogen (secondary N) is 1. The van der Waals surface area contributed by atoms with E-state index in [2.05, 4.69) is 24.1 Å². The summed E-state index contributed by atoms with van der Waals surface area (Å²) in [7, 11) is 0. The Labute approximate surface area is 122 Å². The minimum Gasteiger partial charge on any atom is -0.379 e. The molecule has 0 unspecified atom stereocenters. The Morgan fingerprint density at radius 3 is 2.70 bits per heavy atom. The van der Waals surface area contributed by atoms with Gasteiger partial charge in [-0.1, -0.05) is 6.07 Å². The molecule has 6 heteroatoms. The van der Waals surface area contributed by atoms with E-state index in [4.69, 9.17) is 4.74 Å². The number of rotatable bonds is 5.